The van der Waals surface area contributed by atoms with Crippen LogP contribution in [0.4, 0.5) is 5.69 Å². The van der Waals surface area contributed by atoms with E-state index in [2.05, 4.69) is 15.5 Å². The average molecular weight is 504 g/mol. The minimum absolute atomic E-state index is 0.125. The van der Waals surface area contributed by atoms with Gasteiger partial charge in [-0.05, 0) is 42.0 Å². The number of nitrogens with one attached hydrogen (secondary N) is 1. The Bertz CT molecular complexity index is 1230. The van der Waals surface area contributed by atoms with E-state index >= 15 is 0 Å². The quantitative estimate of drug-likeness (QED) is 0.291. The maximum atomic E-state index is 12.5. The fraction of sp³-hybridized carbons (Fsp3) is 0.0870. The molecule has 0 aliphatic heterocycles. The van der Waals surface area contributed by atoms with Crippen molar-refractivity contribution in [3.63, 3.8) is 0 Å². The number of halogens is 3. The summed E-state index contributed by atoms with van der Waals surface area (Å²) >= 11 is 19.5. The lowest BCUT2D eigenvalue weighted by atomic mass is 10.1. The third-order valence-electron chi connectivity index (χ3n) is 4.55. The Balaban J connectivity index is 1.55. The van der Waals surface area contributed by atoms with Crippen molar-refractivity contribution in [3.05, 3.63) is 99.3 Å². The Morgan fingerprint density at radius 2 is 1.66 bits per heavy atom. The molecule has 1 N–H and O–H groups in total. The summed E-state index contributed by atoms with van der Waals surface area (Å²) in [6.07, 6.45) is 0.599. The van der Waals surface area contributed by atoms with Gasteiger partial charge >= 0.3 is 0 Å². The molecule has 32 heavy (non-hydrogen) atoms. The summed E-state index contributed by atoms with van der Waals surface area (Å²) in [7, 11) is 0. The third-order valence-corrected chi connectivity index (χ3v) is 6.55. The highest BCUT2D eigenvalue weighted by Crippen LogP contribution is 2.30. The lowest BCUT2D eigenvalue weighted by molar-refractivity contribution is -0.113. The molecule has 1 amide bonds. The van der Waals surface area contributed by atoms with Crippen molar-refractivity contribution in [2.75, 3.05) is 11.1 Å². The zero-order valence-corrected chi connectivity index (χ0v) is 19.7. The number of carbonyl (C=O) groups is 1. The molecule has 0 saturated heterocycles. The van der Waals surface area contributed by atoms with Gasteiger partial charge in [0, 0.05) is 17.1 Å². The number of aromatic nitrogens is 3. The van der Waals surface area contributed by atoms with Crippen LogP contribution in [0.25, 0.3) is 5.69 Å². The van der Waals surface area contributed by atoms with Crippen molar-refractivity contribution < 1.29 is 4.79 Å². The number of amides is 1. The molecule has 1 aromatic heterocycles. The summed E-state index contributed by atoms with van der Waals surface area (Å²) in [6.45, 7) is 0. The van der Waals surface area contributed by atoms with Crippen LogP contribution in [-0.2, 0) is 11.2 Å². The molecular weight excluding hydrogens is 487 g/mol. The van der Waals surface area contributed by atoms with Crippen molar-refractivity contribution >= 4 is 58.2 Å². The lowest BCUT2D eigenvalue weighted by Crippen LogP contribution is -2.15. The van der Waals surface area contributed by atoms with Gasteiger partial charge in [0.2, 0.25) is 5.91 Å². The third kappa shape index (κ3) is 5.45. The van der Waals surface area contributed by atoms with Gasteiger partial charge in [0.15, 0.2) is 5.16 Å². The number of hydrogen-bond donors (Lipinski definition) is 1. The van der Waals surface area contributed by atoms with Gasteiger partial charge in [-0.2, -0.15) is 0 Å². The van der Waals surface area contributed by atoms with Crippen LogP contribution < -0.4 is 5.32 Å². The summed E-state index contributed by atoms with van der Waals surface area (Å²) in [5.74, 6) is 0.661. The second-order valence-corrected chi connectivity index (χ2v) is 8.98. The molecule has 0 bridgehead atoms. The van der Waals surface area contributed by atoms with Gasteiger partial charge in [-0.25, -0.2) is 0 Å². The Morgan fingerprint density at radius 1 is 0.906 bits per heavy atom. The predicted octanol–water partition coefficient (Wildman–Crippen LogP) is 6.55. The fourth-order valence-corrected chi connectivity index (χ4v) is 4.30. The molecule has 0 aliphatic rings. The standard InChI is InChI=1S/C23H17Cl3N4OS/c24-16-9-11-17(12-10-16)30-20(13-15-5-2-1-3-6-15)28-29-23(30)32-14-21(31)27-19-8-4-7-18(25)22(19)26/h1-12H,13-14H2,(H,27,31). The first kappa shape index (κ1) is 22.7. The summed E-state index contributed by atoms with van der Waals surface area (Å²) in [6, 6.07) is 22.5. The summed E-state index contributed by atoms with van der Waals surface area (Å²) in [5, 5.41) is 13.4. The highest BCUT2D eigenvalue weighted by Gasteiger charge is 2.17. The van der Waals surface area contributed by atoms with Crippen LogP contribution >= 0.6 is 46.6 Å². The molecule has 0 fully saturated rings. The van der Waals surface area contributed by atoms with Gasteiger partial charge in [-0.15, -0.1) is 10.2 Å². The van der Waals surface area contributed by atoms with E-state index in [-0.39, 0.29) is 11.7 Å². The molecule has 0 spiro atoms. The minimum atomic E-state index is -0.227. The van der Waals surface area contributed by atoms with Gasteiger partial charge in [0.05, 0.1) is 21.5 Å². The Kier molecular flexibility index (Phi) is 7.37. The summed E-state index contributed by atoms with van der Waals surface area (Å²) in [5.41, 5.74) is 2.44. The molecule has 4 rings (SSSR count). The monoisotopic (exact) mass is 502 g/mol. The van der Waals surface area contributed by atoms with Gasteiger partial charge in [0.25, 0.3) is 0 Å². The van der Waals surface area contributed by atoms with Crippen LogP contribution in [0.15, 0.2) is 78.0 Å². The van der Waals surface area contributed by atoms with E-state index in [1.54, 1.807) is 18.2 Å². The van der Waals surface area contributed by atoms with Gasteiger partial charge in [-0.3, -0.25) is 9.36 Å². The number of thioether (sulfide) groups is 1. The van der Waals surface area contributed by atoms with Crippen molar-refractivity contribution in [2.24, 2.45) is 0 Å². The van der Waals surface area contributed by atoms with Crippen molar-refractivity contribution in [2.45, 2.75) is 11.6 Å². The normalized spacial score (nSPS) is 10.8. The first-order chi connectivity index (χ1) is 15.5. The van der Waals surface area contributed by atoms with Gasteiger partial charge < -0.3 is 5.32 Å². The molecule has 5 nitrogen and oxygen atoms in total. The zero-order chi connectivity index (χ0) is 22.5. The van der Waals surface area contributed by atoms with Gasteiger partial charge in [-0.1, -0.05) is 83.0 Å². The van der Waals surface area contributed by atoms with E-state index in [1.807, 2.05) is 59.2 Å². The van der Waals surface area contributed by atoms with Crippen LogP contribution in [-0.4, -0.2) is 26.4 Å². The van der Waals surface area contributed by atoms with Crippen LogP contribution in [0, 0.1) is 0 Å². The first-order valence-corrected chi connectivity index (χ1v) is 11.7. The van der Waals surface area contributed by atoms with Crippen molar-refractivity contribution in [3.8, 4) is 5.69 Å². The van der Waals surface area contributed by atoms with Crippen molar-refractivity contribution in [1.82, 2.24) is 14.8 Å². The molecule has 162 valence electrons. The molecular formula is C23H17Cl3N4OS. The number of carbonyl (C=O) groups excluding carboxylic acids is 1. The number of nitrogens with zero attached hydrogens (tertiary/aromatic N) is 3. The predicted molar refractivity (Wildman–Crippen MR) is 131 cm³/mol. The molecule has 4 aromatic rings. The van der Waals surface area contributed by atoms with Gasteiger partial charge in [0.1, 0.15) is 5.82 Å². The smallest absolute Gasteiger partial charge is 0.234 e. The molecule has 9 heteroatoms. The number of rotatable bonds is 7. The number of benzene rings is 3. The first-order valence-electron chi connectivity index (χ1n) is 9.62. The molecule has 0 aliphatic carbocycles. The second kappa shape index (κ2) is 10.4. The largest absolute Gasteiger partial charge is 0.324 e. The second-order valence-electron chi connectivity index (χ2n) is 6.81. The fourth-order valence-electron chi connectivity index (χ4n) is 3.05. The van der Waals surface area contributed by atoms with Crippen LogP contribution in [0.2, 0.25) is 15.1 Å². The van der Waals surface area contributed by atoms with Crippen molar-refractivity contribution in [1.29, 1.82) is 0 Å². The topological polar surface area (TPSA) is 59.8 Å². The van der Waals surface area contributed by atoms with Crippen LogP contribution in [0.5, 0.6) is 0 Å². The Hall–Kier alpha value is -2.51. The minimum Gasteiger partial charge on any atom is -0.324 e. The van der Waals surface area contributed by atoms with Crippen LogP contribution in [0.3, 0.4) is 0 Å². The van der Waals surface area contributed by atoms with Crippen LogP contribution in [0.1, 0.15) is 11.4 Å². The van der Waals surface area contributed by atoms with E-state index in [9.17, 15) is 4.79 Å². The highest BCUT2D eigenvalue weighted by atomic mass is 35.5. The molecule has 0 atom stereocenters. The number of anilines is 1. The maximum absolute atomic E-state index is 12.5. The Labute approximate surface area is 204 Å². The average Bonchev–Trinajstić information content (AvgIpc) is 3.19. The lowest BCUT2D eigenvalue weighted by Gasteiger charge is -2.11. The molecule has 0 saturated carbocycles. The van der Waals surface area contributed by atoms with E-state index in [0.29, 0.717) is 32.3 Å². The number of hydrogen-bond acceptors (Lipinski definition) is 4. The van der Waals surface area contributed by atoms with E-state index in [4.69, 9.17) is 34.8 Å². The molecule has 0 radical (unpaired) electrons. The molecule has 3 aromatic carbocycles. The van der Waals surface area contributed by atoms with E-state index < -0.39 is 0 Å². The Morgan fingerprint density at radius 3 is 2.41 bits per heavy atom. The summed E-state index contributed by atoms with van der Waals surface area (Å²) in [4.78, 5) is 12.5. The zero-order valence-electron chi connectivity index (χ0n) is 16.6. The summed E-state index contributed by atoms with van der Waals surface area (Å²) < 4.78 is 1.94. The highest BCUT2D eigenvalue weighted by molar-refractivity contribution is 7.99. The van der Waals surface area contributed by atoms with E-state index in [0.717, 1.165) is 17.1 Å². The van der Waals surface area contributed by atoms with E-state index in [1.165, 1.54) is 11.8 Å². The molecule has 1 heterocycles. The SMILES string of the molecule is O=C(CSc1nnc(Cc2ccccc2)n1-c1ccc(Cl)cc1)Nc1cccc(Cl)c1Cl. The maximum Gasteiger partial charge on any atom is 0.234 e. The molecule has 0 unspecified atom stereocenters.